The van der Waals surface area contributed by atoms with Crippen LogP contribution >= 0.6 is 11.6 Å². The average Bonchev–Trinajstić information content (AvgIpc) is 3.16. The van der Waals surface area contributed by atoms with Gasteiger partial charge in [-0.25, -0.2) is 0 Å². The lowest BCUT2D eigenvalue weighted by molar-refractivity contribution is -0.136. The van der Waals surface area contributed by atoms with Crippen LogP contribution in [0.15, 0.2) is 18.2 Å². The standard InChI is InChI=1S/C20H28ClN3O3/c1-13(22)14-7-10-23(11-8-14)20(26)17-4-3-9-24(17)19(25)16-12-15(21)5-6-18(16)27-2/h5-6,12-14,17H,3-4,7-11,22H2,1-2H3. The van der Waals surface area contributed by atoms with Gasteiger partial charge in [0.05, 0.1) is 12.7 Å². The minimum absolute atomic E-state index is 0.0463. The van der Waals surface area contributed by atoms with Crippen LogP contribution in [0, 0.1) is 5.92 Å². The van der Waals surface area contributed by atoms with Crippen molar-refractivity contribution in [1.82, 2.24) is 9.80 Å². The Kier molecular flexibility index (Phi) is 6.27. The lowest BCUT2D eigenvalue weighted by Gasteiger charge is -2.36. The number of nitrogens with two attached hydrogens (primary N) is 1. The topological polar surface area (TPSA) is 75.9 Å². The first-order valence-corrected chi connectivity index (χ1v) is 9.99. The van der Waals surface area contributed by atoms with Gasteiger partial charge in [0.1, 0.15) is 11.8 Å². The molecule has 2 N–H and O–H groups in total. The molecule has 0 saturated carbocycles. The molecule has 0 aromatic heterocycles. The van der Waals surface area contributed by atoms with E-state index in [0.717, 1.165) is 19.3 Å². The van der Waals surface area contributed by atoms with Gasteiger partial charge in [-0.15, -0.1) is 0 Å². The zero-order chi connectivity index (χ0) is 19.6. The maximum Gasteiger partial charge on any atom is 0.258 e. The molecule has 27 heavy (non-hydrogen) atoms. The Labute approximate surface area is 165 Å². The van der Waals surface area contributed by atoms with E-state index < -0.39 is 6.04 Å². The molecule has 2 heterocycles. The Morgan fingerprint density at radius 2 is 1.93 bits per heavy atom. The van der Waals surface area contributed by atoms with E-state index in [1.807, 2.05) is 11.8 Å². The Morgan fingerprint density at radius 1 is 1.22 bits per heavy atom. The summed E-state index contributed by atoms with van der Waals surface area (Å²) in [6, 6.07) is 4.72. The van der Waals surface area contributed by atoms with Crippen molar-refractivity contribution < 1.29 is 14.3 Å². The number of hydrogen-bond donors (Lipinski definition) is 1. The second-order valence-electron chi connectivity index (χ2n) is 7.52. The SMILES string of the molecule is COc1ccc(Cl)cc1C(=O)N1CCCC1C(=O)N1CCC(C(C)N)CC1. The molecule has 2 amide bonds. The fraction of sp³-hybridized carbons (Fsp3) is 0.600. The monoisotopic (exact) mass is 393 g/mol. The molecule has 0 spiro atoms. The van der Waals surface area contributed by atoms with Crippen LogP contribution in [0.3, 0.4) is 0 Å². The van der Waals surface area contributed by atoms with E-state index >= 15 is 0 Å². The lowest BCUT2D eigenvalue weighted by atomic mass is 9.90. The molecule has 2 atom stereocenters. The number of carbonyl (C=O) groups is 2. The maximum atomic E-state index is 13.1. The second-order valence-corrected chi connectivity index (χ2v) is 7.96. The summed E-state index contributed by atoms with van der Waals surface area (Å²) in [4.78, 5) is 29.8. The molecule has 2 saturated heterocycles. The van der Waals surface area contributed by atoms with Crippen LogP contribution in [0.4, 0.5) is 0 Å². The van der Waals surface area contributed by atoms with Crippen molar-refractivity contribution in [2.24, 2.45) is 11.7 Å². The van der Waals surface area contributed by atoms with Crippen molar-refractivity contribution >= 4 is 23.4 Å². The number of ether oxygens (including phenoxy) is 1. The summed E-state index contributed by atoms with van der Waals surface area (Å²) in [6.45, 7) is 4.02. The van der Waals surface area contributed by atoms with Gasteiger partial charge in [-0.3, -0.25) is 9.59 Å². The van der Waals surface area contributed by atoms with Crippen LogP contribution < -0.4 is 10.5 Å². The van der Waals surface area contributed by atoms with Gasteiger partial charge in [0.15, 0.2) is 0 Å². The van der Waals surface area contributed by atoms with Crippen molar-refractivity contribution in [3.05, 3.63) is 28.8 Å². The quantitative estimate of drug-likeness (QED) is 0.852. The van der Waals surface area contributed by atoms with Crippen molar-refractivity contribution in [3.63, 3.8) is 0 Å². The molecule has 1 aromatic carbocycles. The number of methoxy groups -OCH3 is 1. The molecule has 2 aliphatic rings. The zero-order valence-electron chi connectivity index (χ0n) is 16.0. The molecule has 7 heteroatoms. The molecular weight excluding hydrogens is 366 g/mol. The van der Waals surface area contributed by atoms with Gasteiger partial charge in [0, 0.05) is 30.7 Å². The van der Waals surface area contributed by atoms with E-state index in [1.54, 1.807) is 23.1 Å². The number of benzene rings is 1. The highest BCUT2D eigenvalue weighted by Gasteiger charge is 2.38. The highest BCUT2D eigenvalue weighted by molar-refractivity contribution is 6.31. The van der Waals surface area contributed by atoms with Crippen molar-refractivity contribution in [1.29, 1.82) is 0 Å². The Balaban J connectivity index is 1.73. The number of amides is 2. The van der Waals surface area contributed by atoms with Gasteiger partial charge in [-0.2, -0.15) is 0 Å². The van der Waals surface area contributed by atoms with Crippen molar-refractivity contribution in [2.75, 3.05) is 26.7 Å². The summed E-state index contributed by atoms with van der Waals surface area (Å²) in [5.41, 5.74) is 6.40. The number of nitrogens with zero attached hydrogens (tertiary/aromatic N) is 2. The maximum absolute atomic E-state index is 13.1. The van der Waals surface area contributed by atoms with E-state index in [1.165, 1.54) is 7.11 Å². The second kappa shape index (κ2) is 8.48. The molecule has 1 aromatic rings. The summed E-state index contributed by atoms with van der Waals surface area (Å²) in [5.74, 6) is 0.784. The van der Waals surface area contributed by atoms with Crippen LogP contribution in [0.5, 0.6) is 5.75 Å². The number of halogens is 1. The fourth-order valence-electron chi connectivity index (χ4n) is 4.12. The minimum Gasteiger partial charge on any atom is -0.496 e. The van der Waals surface area contributed by atoms with Gasteiger partial charge in [-0.1, -0.05) is 11.6 Å². The largest absolute Gasteiger partial charge is 0.496 e. The molecule has 0 radical (unpaired) electrons. The molecule has 2 aliphatic heterocycles. The Hall–Kier alpha value is -1.79. The van der Waals surface area contributed by atoms with Crippen molar-refractivity contribution in [2.45, 2.75) is 44.7 Å². The van der Waals surface area contributed by atoms with E-state index in [4.69, 9.17) is 22.1 Å². The normalized spacial score (nSPS) is 22.0. The zero-order valence-corrected chi connectivity index (χ0v) is 16.7. The summed E-state index contributed by atoms with van der Waals surface area (Å²) in [6.07, 6.45) is 3.36. The van der Waals surface area contributed by atoms with Gasteiger partial charge in [0.2, 0.25) is 5.91 Å². The smallest absolute Gasteiger partial charge is 0.258 e. The minimum atomic E-state index is -0.409. The predicted molar refractivity (Wildman–Crippen MR) is 105 cm³/mol. The summed E-state index contributed by atoms with van der Waals surface area (Å²) in [7, 11) is 1.52. The summed E-state index contributed by atoms with van der Waals surface area (Å²) >= 11 is 6.07. The molecule has 6 nitrogen and oxygen atoms in total. The van der Waals surface area contributed by atoms with Crippen LogP contribution in [0.25, 0.3) is 0 Å². The molecule has 148 valence electrons. The third kappa shape index (κ3) is 4.22. The molecule has 2 fully saturated rings. The molecule has 2 unspecified atom stereocenters. The van der Waals surface area contributed by atoms with Gasteiger partial charge in [-0.05, 0) is 56.7 Å². The average molecular weight is 394 g/mol. The first kappa shape index (κ1) is 20.0. The van der Waals surface area contributed by atoms with E-state index in [0.29, 0.717) is 48.3 Å². The predicted octanol–water partition coefficient (Wildman–Crippen LogP) is 2.54. The van der Waals surface area contributed by atoms with Crippen LogP contribution in [-0.2, 0) is 4.79 Å². The van der Waals surface area contributed by atoms with E-state index in [2.05, 4.69) is 0 Å². The third-order valence-electron chi connectivity index (χ3n) is 5.79. The summed E-state index contributed by atoms with van der Waals surface area (Å²) < 4.78 is 5.31. The number of rotatable bonds is 4. The van der Waals surface area contributed by atoms with Gasteiger partial charge < -0.3 is 20.3 Å². The number of piperidine rings is 1. The molecule has 3 rings (SSSR count). The lowest BCUT2D eigenvalue weighted by Crippen LogP contribution is -2.51. The molecule has 0 aliphatic carbocycles. The molecule has 0 bridgehead atoms. The first-order valence-electron chi connectivity index (χ1n) is 9.61. The highest BCUT2D eigenvalue weighted by atomic mass is 35.5. The highest BCUT2D eigenvalue weighted by Crippen LogP contribution is 2.29. The number of likely N-dealkylation sites (tertiary alicyclic amines) is 2. The van der Waals surface area contributed by atoms with E-state index in [-0.39, 0.29) is 17.9 Å². The van der Waals surface area contributed by atoms with Crippen LogP contribution in [0.2, 0.25) is 5.02 Å². The van der Waals surface area contributed by atoms with Crippen molar-refractivity contribution in [3.8, 4) is 5.75 Å². The molecular formula is C20H28ClN3O3. The van der Waals surface area contributed by atoms with E-state index in [9.17, 15) is 9.59 Å². The number of hydrogen-bond acceptors (Lipinski definition) is 4. The van der Waals surface area contributed by atoms with Gasteiger partial charge >= 0.3 is 0 Å². The Bertz CT molecular complexity index is 702. The van der Waals surface area contributed by atoms with Crippen LogP contribution in [-0.4, -0.2) is 60.4 Å². The third-order valence-corrected chi connectivity index (χ3v) is 6.02. The Morgan fingerprint density at radius 3 is 2.56 bits per heavy atom. The number of carbonyl (C=O) groups excluding carboxylic acids is 2. The summed E-state index contributed by atoms with van der Waals surface area (Å²) in [5, 5.41) is 0.471. The first-order chi connectivity index (χ1) is 12.9. The fourth-order valence-corrected chi connectivity index (χ4v) is 4.30. The van der Waals surface area contributed by atoms with Crippen LogP contribution in [0.1, 0.15) is 43.0 Å². The van der Waals surface area contributed by atoms with Gasteiger partial charge in [0.25, 0.3) is 5.91 Å².